The lowest BCUT2D eigenvalue weighted by atomic mass is 9.50. The lowest BCUT2D eigenvalue weighted by Crippen LogP contribution is -2.68. The van der Waals surface area contributed by atoms with Gasteiger partial charge >= 0.3 is 0 Å². The van der Waals surface area contributed by atoms with Gasteiger partial charge in [0.05, 0.1) is 54.9 Å². The molecule has 0 spiro atoms. The molecule has 0 aliphatic heterocycles. The van der Waals surface area contributed by atoms with Crippen molar-refractivity contribution in [2.75, 3.05) is 33.1 Å². The molecule has 4 fully saturated rings. The lowest BCUT2D eigenvalue weighted by molar-refractivity contribution is -0.298. The fourth-order valence-electron chi connectivity index (χ4n) is 5.61. The van der Waals surface area contributed by atoms with Crippen LogP contribution in [0.3, 0.4) is 0 Å². The number of hydrogen-bond donors (Lipinski definition) is 3. The van der Waals surface area contributed by atoms with Gasteiger partial charge in [-0.2, -0.15) is 0 Å². The highest BCUT2D eigenvalue weighted by Gasteiger charge is 2.65. The van der Waals surface area contributed by atoms with Crippen LogP contribution in [0.4, 0.5) is 0 Å². The Labute approximate surface area is 208 Å². The molecule has 0 amide bonds. The first-order valence-corrected chi connectivity index (χ1v) is 14.5. The zero-order valence-corrected chi connectivity index (χ0v) is 22.5. The minimum atomic E-state index is -0.468. The van der Waals surface area contributed by atoms with Gasteiger partial charge in [-0.3, -0.25) is 0 Å². The average molecular weight is 736 g/mol. The van der Waals surface area contributed by atoms with E-state index < -0.39 is 18.3 Å². The number of rotatable bonds is 12. The SMILES string of the molecule is OC(CI)COC12CC3CC(OCC(O)CI)(C1)CC(OCC(O)CI)(C3)C2. The molecule has 3 atom stereocenters. The summed E-state index contributed by atoms with van der Waals surface area (Å²) in [6.07, 6.45) is 3.88. The molecule has 0 aromatic heterocycles. The summed E-state index contributed by atoms with van der Waals surface area (Å²) in [5.74, 6) is 0.446. The van der Waals surface area contributed by atoms with Gasteiger partial charge in [0.15, 0.2) is 0 Å². The van der Waals surface area contributed by atoms with E-state index in [1.165, 1.54) is 0 Å². The van der Waals surface area contributed by atoms with E-state index in [1.54, 1.807) is 0 Å². The molecule has 0 aromatic carbocycles. The largest absolute Gasteiger partial charge is 0.390 e. The monoisotopic (exact) mass is 736 g/mol. The van der Waals surface area contributed by atoms with Gasteiger partial charge in [-0.15, -0.1) is 0 Å². The van der Waals surface area contributed by atoms with Gasteiger partial charge < -0.3 is 29.5 Å². The van der Waals surface area contributed by atoms with Crippen LogP contribution in [-0.4, -0.2) is 83.5 Å². The Kier molecular flexibility index (Phi) is 9.01. The van der Waals surface area contributed by atoms with Crippen LogP contribution in [0, 0.1) is 5.92 Å². The molecule has 0 aromatic rings. The van der Waals surface area contributed by atoms with E-state index in [0.29, 0.717) is 39.0 Å². The average Bonchev–Trinajstić information content (AvgIpc) is 2.67. The summed E-state index contributed by atoms with van der Waals surface area (Å²) in [6, 6.07) is 0. The van der Waals surface area contributed by atoms with E-state index in [9.17, 15) is 15.3 Å². The first-order chi connectivity index (χ1) is 13.3. The summed E-state index contributed by atoms with van der Waals surface area (Å²) in [5, 5.41) is 30.1. The standard InChI is InChI=1S/C19H31I3O6/c20-4-14(23)7-26-17-1-13-2-18(10-17,27-8-15(24)5-21)12-19(3-13,11-17)28-9-16(25)6-22/h13-16,23-25H,1-12H2. The predicted octanol–water partition coefficient (Wildman–Crippen LogP) is 2.64. The van der Waals surface area contributed by atoms with Crippen LogP contribution in [-0.2, 0) is 14.2 Å². The molecular formula is C19H31I3O6. The van der Waals surface area contributed by atoms with E-state index in [4.69, 9.17) is 14.2 Å². The molecule has 0 radical (unpaired) electrons. The molecule has 0 heterocycles. The minimum absolute atomic E-state index is 0.328. The molecule has 3 unspecified atom stereocenters. The van der Waals surface area contributed by atoms with Gasteiger partial charge in [0.2, 0.25) is 0 Å². The first kappa shape index (κ1) is 24.6. The van der Waals surface area contributed by atoms with Crippen molar-refractivity contribution in [2.24, 2.45) is 5.92 Å². The van der Waals surface area contributed by atoms with Gasteiger partial charge in [-0.05, 0) is 25.2 Å². The summed E-state index contributed by atoms with van der Waals surface area (Å²) in [6.45, 7) is 0.984. The minimum Gasteiger partial charge on any atom is -0.390 e. The number of hydrogen-bond acceptors (Lipinski definition) is 6. The number of halogens is 3. The van der Waals surface area contributed by atoms with Crippen molar-refractivity contribution in [3.63, 3.8) is 0 Å². The Balaban J connectivity index is 1.78. The maximum Gasteiger partial charge on any atom is 0.0863 e. The van der Waals surface area contributed by atoms with Crippen molar-refractivity contribution in [2.45, 2.75) is 73.6 Å². The fraction of sp³-hybridized carbons (Fsp3) is 1.00. The van der Waals surface area contributed by atoms with Crippen LogP contribution >= 0.6 is 67.8 Å². The van der Waals surface area contributed by atoms with E-state index in [0.717, 1.165) is 38.5 Å². The normalized spacial score (nSPS) is 39.9. The van der Waals surface area contributed by atoms with Crippen molar-refractivity contribution >= 4 is 67.8 Å². The number of alkyl halides is 3. The third kappa shape index (κ3) is 5.84. The summed E-state index contributed by atoms with van der Waals surface area (Å²) in [7, 11) is 0. The van der Waals surface area contributed by atoms with Gasteiger partial charge in [0.1, 0.15) is 0 Å². The molecule has 4 bridgehead atoms. The third-order valence-corrected chi connectivity index (χ3v) is 9.25. The maximum atomic E-state index is 10.0. The summed E-state index contributed by atoms with van der Waals surface area (Å²) in [4.78, 5) is 0. The summed E-state index contributed by atoms with van der Waals surface area (Å²) < 4.78 is 21.0. The topological polar surface area (TPSA) is 88.4 Å². The van der Waals surface area contributed by atoms with Crippen molar-refractivity contribution < 1.29 is 29.5 Å². The molecule has 4 aliphatic carbocycles. The zero-order valence-electron chi connectivity index (χ0n) is 16.0. The Morgan fingerprint density at radius 2 is 0.929 bits per heavy atom. The molecule has 164 valence electrons. The molecule has 0 saturated heterocycles. The predicted molar refractivity (Wildman–Crippen MR) is 132 cm³/mol. The van der Waals surface area contributed by atoms with Gasteiger partial charge in [0.25, 0.3) is 0 Å². The van der Waals surface area contributed by atoms with Gasteiger partial charge in [-0.25, -0.2) is 0 Å². The summed E-state index contributed by atoms with van der Waals surface area (Å²) >= 11 is 6.52. The van der Waals surface area contributed by atoms with Gasteiger partial charge in [0, 0.05) is 32.5 Å². The quantitative estimate of drug-likeness (QED) is 0.211. The van der Waals surface area contributed by atoms with E-state index in [1.807, 2.05) is 0 Å². The summed E-state index contributed by atoms with van der Waals surface area (Å²) in [5.41, 5.74) is -1.05. The van der Waals surface area contributed by atoms with Crippen LogP contribution in [0.1, 0.15) is 38.5 Å². The molecule has 4 rings (SSSR count). The highest BCUT2D eigenvalue weighted by molar-refractivity contribution is 14.1. The molecule has 9 heteroatoms. The second kappa shape index (κ2) is 10.3. The molecular weight excluding hydrogens is 705 g/mol. The van der Waals surface area contributed by atoms with Crippen molar-refractivity contribution in [1.29, 1.82) is 0 Å². The van der Waals surface area contributed by atoms with E-state index in [-0.39, 0.29) is 16.8 Å². The molecule has 28 heavy (non-hydrogen) atoms. The van der Waals surface area contributed by atoms with Crippen molar-refractivity contribution in [3.05, 3.63) is 0 Å². The number of aliphatic hydroxyl groups is 3. The van der Waals surface area contributed by atoms with Crippen LogP contribution in [0.25, 0.3) is 0 Å². The fourth-order valence-corrected chi connectivity index (χ4v) is 6.38. The Hall–Kier alpha value is 1.95. The number of ether oxygens (including phenoxy) is 3. The molecule has 4 aliphatic rings. The van der Waals surface area contributed by atoms with Crippen molar-refractivity contribution in [1.82, 2.24) is 0 Å². The Morgan fingerprint density at radius 1 is 0.643 bits per heavy atom. The zero-order chi connectivity index (χ0) is 20.4. The van der Waals surface area contributed by atoms with Crippen LogP contribution in [0.15, 0.2) is 0 Å². The van der Waals surface area contributed by atoms with E-state index >= 15 is 0 Å². The molecule has 4 saturated carbocycles. The first-order valence-electron chi connectivity index (χ1n) is 9.91. The third-order valence-electron chi connectivity index (χ3n) is 6.20. The van der Waals surface area contributed by atoms with Crippen molar-refractivity contribution in [3.8, 4) is 0 Å². The highest BCUT2D eigenvalue weighted by Crippen LogP contribution is 2.63. The smallest absolute Gasteiger partial charge is 0.0863 e. The highest BCUT2D eigenvalue weighted by atomic mass is 127. The van der Waals surface area contributed by atoms with Crippen LogP contribution < -0.4 is 0 Å². The lowest BCUT2D eigenvalue weighted by Gasteiger charge is -2.65. The second-order valence-electron chi connectivity index (χ2n) is 8.92. The maximum absolute atomic E-state index is 10.0. The van der Waals surface area contributed by atoms with E-state index in [2.05, 4.69) is 67.8 Å². The van der Waals surface area contributed by atoms with Crippen LogP contribution in [0.5, 0.6) is 0 Å². The van der Waals surface area contributed by atoms with Gasteiger partial charge in [-0.1, -0.05) is 67.8 Å². The molecule has 6 nitrogen and oxygen atoms in total. The second-order valence-corrected chi connectivity index (χ2v) is 11.6. The number of aliphatic hydroxyl groups excluding tert-OH is 3. The Morgan fingerprint density at radius 3 is 1.18 bits per heavy atom. The molecule has 3 N–H and O–H groups in total. The van der Waals surface area contributed by atoms with Crippen LogP contribution in [0.2, 0.25) is 0 Å². The Bertz CT molecular complexity index is 445.